The number of methoxy groups -OCH3 is 1. The van der Waals surface area contributed by atoms with E-state index in [-0.39, 0.29) is 30.1 Å². The molecule has 1 amide bonds. The van der Waals surface area contributed by atoms with Crippen LogP contribution < -0.4 is 5.32 Å². The maximum Gasteiger partial charge on any atom is 0.416 e. The van der Waals surface area contributed by atoms with Crippen LogP contribution in [0, 0.1) is 5.53 Å². The first-order valence-corrected chi connectivity index (χ1v) is 9.06. The zero-order valence-electron chi connectivity index (χ0n) is 17.4. The molecule has 0 heterocycles. The number of ether oxygens (including phenoxy) is 3. The lowest BCUT2D eigenvalue weighted by Gasteiger charge is -2.16. The van der Waals surface area contributed by atoms with Crippen LogP contribution in [-0.4, -0.2) is 45.6 Å². The standard InChI is InChI=1S/C20H28F3N3O4/c1-6-15(12-16(7-2)20(21,22)23)13-30-19(26-24)17(18(27)25-8-3)14(4)29-11-9-10-28-5/h6-7,12,24H,1,4,8-11,13H2,2-3,5H3,(H,25,27)/b15-12+,16-7+,19-17-,26-24?. The average Bonchev–Trinajstić information content (AvgIpc) is 2.69. The van der Waals surface area contributed by atoms with Gasteiger partial charge in [-0.15, -0.1) is 5.11 Å². The van der Waals surface area contributed by atoms with Gasteiger partial charge in [0.1, 0.15) is 17.9 Å². The summed E-state index contributed by atoms with van der Waals surface area (Å²) in [4.78, 5) is 12.4. The van der Waals surface area contributed by atoms with Crippen molar-refractivity contribution in [1.82, 2.24) is 5.32 Å². The number of carbonyl (C=O) groups excluding carboxylic acids is 1. The molecular formula is C20H28F3N3O4. The molecule has 0 unspecified atom stereocenters. The largest absolute Gasteiger partial charge is 0.493 e. The molecule has 0 rings (SSSR count). The summed E-state index contributed by atoms with van der Waals surface area (Å²) in [6.45, 7) is 10.6. The molecule has 0 aromatic heterocycles. The Morgan fingerprint density at radius 3 is 2.40 bits per heavy atom. The Morgan fingerprint density at radius 2 is 1.93 bits per heavy atom. The molecule has 0 aromatic rings. The second-order valence-electron chi connectivity index (χ2n) is 5.72. The van der Waals surface area contributed by atoms with Crippen molar-refractivity contribution in [3.63, 3.8) is 0 Å². The molecule has 30 heavy (non-hydrogen) atoms. The van der Waals surface area contributed by atoms with Crippen LogP contribution in [0.4, 0.5) is 13.2 Å². The number of carbonyl (C=O) groups is 1. The van der Waals surface area contributed by atoms with Crippen LogP contribution in [-0.2, 0) is 19.0 Å². The fourth-order valence-electron chi connectivity index (χ4n) is 2.06. The molecule has 0 aromatic carbocycles. The highest BCUT2D eigenvalue weighted by Gasteiger charge is 2.31. The van der Waals surface area contributed by atoms with Gasteiger partial charge in [0.25, 0.3) is 5.91 Å². The SMILES string of the molecule is C=C/C(=C\C(=C/C)C(F)(F)F)CO/C(N=N)=C(/C(=C)OCCCOC)C(=O)NCC. The van der Waals surface area contributed by atoms with Crippen molar-refractivity contribution in [1.29, 1.82) is 5.53 Å². The highest BCUT2D eigenvalue weighted by Crippen LogP contribution is 2.28. The molecule has 0 radical (unpaired) electrons. The number of halogens is 3. The van der Waals surface area contributed by atoms with Crippen molar-refractivity contribution < 1.29 is 32.2 Å². The molecule has 7 nitrogen and oxygen atoms in total. The van der Waals surface area contributed by atoms with Gasteiger partial charge in [0.2, 0.25) is 5.88 Å². The number of nitrogens with zero attached hydrogens (tertiary/aromatic N) is 1. The van der Waals surface area contributed by atoms with Gasteiger partial charge in [-0.1, -0.05) is 25.3 Å². The Balaban J connectivity index is 5.70. The van der Waals surface area contributed by atoms with E-state index >= 15 is 0 Å². The molecule has 0 saturated heterocycles. The van der Waals surface area contributed by atoms with Gasteiger partial charge in [-0.3, -0.25) is 4.79 Å². The van der Waals surface area contributed by atoms with Gasteiger partial charge in [-0.05, 0) is 25.5 Å². The number of likely N-dealkylation sites (N-methyl/N-ethyl adjacent to an activating group) is 1. The van der Waals surface area contributed by atoms with Crippen LogP contribution in [0.15, 0.2) is 64.9 Å². The van der Waals surface area contributed by atoms with E-state index in [4.69, 9.17) is 19.7 Å². The first-order chi connectivity index (χ1) is 14.2. The normalized spacial score (nSPS) is 13.3. The van der Waals surface area contributed by atoms with E-state index < -0.39 is 30.1 Å². The molecule has 0 bridgehead atoms. The van der Waals surface area contributed by atoms with Gasteiger partial charge >= 0.3 is 6.18 Å². The number of nitrogens with one attached hydrogen (secondary N) is 2. The number of hydrogen-bond donors (Lipinski definition) is 2. The smallest absolute Gasteiger partial charge is 0.416 e. The van der Waals surface area contributed by atoms with Gasteiger partial charge in [-0.2, -0.15) is 13.2 Å². The lowest BCUT2D eigenvalue weighted by molar-refractivity contribution is -0.117. The molecule has 0 aliphatic heterocycles. The first-order valence-electron chi connectivity index (χ1n) is 9.06. The van der Waals surface area contributed by atoms with Crippen molar-refractivity contribution in [3.8, 4) is 0 Å². The Kier molecular flexibility index (Phi) is 12.8. The summed E-state index contributed by atoms with van der Waals surface area (Å²) >= 11 is 0. The van der Waals surface area contributed by atoms with Crippen LogP contribution in [0.3, 0.4) is 0 Å². The third-order valence-electron chi connectivity index (χ3n) is 3.54. The molecular weight excluding hydrogens is 403 g/mol. The lowest BCUT2D eigenvalue weighted by atomic mass is 10.1. The molecule has 0 spiro atoms. The monoisotopic (exact) mass is 431 g/mol. The zero-order chi connectivity index (χ0) is 23.2. The average molecular weight is 431 g/mol. The van der Waals surface area contributed by atoms with Gasteiger partial charge in [0.15, 0.2) is 0 Å². The molecule has 0 saturated carbocycles. The molecule has 0 fully saturated rings. The molecule has 168 valence electrons. The summed E-state index contributed by atoms with van der Waals surface area (Å²) in [7, 11) is 1.53. The minimum atomic E-state index is -4.54. The Morgan fingerprint density at radius 1 is 1.27 bits per heavy atom. The van der Waals surface area contributed by atoms with Crippen molar-refractivity contribution in [2.45, 2.75) is 26.4 Å². The predicted octanol–water partition coefficient (Wildman–Crippen LogP) is 4.57. The van der Waals surface area contributed by atoms with Gasteiger partial charge < -0.3 is 19.5 Å². The summed E-state index contributed by atoms with van der Waals surface area (Å²) in [5, 5.41) is 5.72. The summed E-state index contributed by atoms with van der Waals surface area (Å²) in [6, 6.07) is 0. The second kappa shape index (κ2) is 14.2. The van der Waals surface area contributed by atoms with Crippen LogP contribution in [0.5, 0.6) is 0 Å². The minimum Gasteiger partial charge on any atom is -0.493 e. The van der Waals surface area contributed by atoms with Gasteiger partial charge in [0.05, 0.1) is 12.2 Å². The van der Waals surface area contributed by atoms with E-state index in [2.05, 4.69) is 23.6 Å². The minimum absolute atomic E-state index is 0.0726. The van der Waals surface area contributed by atoms with Crippen molar-refractivity contribution in [2.75, 3.05) is 33.5 Å². The van der Waals surface area contributed by atoms with E-state index in [0.717, 1.165) is 12.2 Å². The summed E-state index contributed by atoms with van der Waals surface area (Å²) < 4.78 is 54.5. The van der Waals surface area contributed by atoms with Crippen molar-refractivity contribution >= 4 is 5.91 Å². The topological polar surface area (TPSA) is 93.0 Å². The van der Waals surface area contributed by atoms with Crippen LogP contribution in [0.25, 0.3) is 0 Å². The highest BCUT2D eigenvalue weighted by molar-refractivity contribution is 5.97. The Labute approximate surface area is 174 Å². The third-order valence-corrected chi connectivity index (χ3v) is 3.54. The molecule has 2 N–H and O–H groups in total. The number of allylic oxidation sites excluding steroid dienone is 3. The van der Waals surface area contributed by atoms with Crippen LogP contribution in [0.2, 0.25) is 0 Å². The van der Waals surface area contributed by atoms with Crippen molar-refractivity contribution in [2.24, 2.45) is 5.11 Å². The lowest BCUT2D eigenvalue weighted by Crippen LogP contribution is -2.27. The van der Waals surface area contributed by atoms with Crippen LogP contribution >= 0.6 is 0 Å². The second-order valence-corrected chi connectivity index (χ2v) is 5.72. The van der Waals surface area contributed by atoms with E-state index in [1.54, 1.807) is 6.92 Å². The molecule has 10 heteroatoms. The maximum atomic E-state index is 12.9. The quantitative estimate of drug-likeness (QED) is 0.139. The summed E-state index contributed by atoms with van der Waals surface area (Å²) in [5.74, 6) is -1.18. The maximum absolute atomic E-state index is 12.9. The molecule has 0 atom stereocenters. The zero-order valence-corrected chi connectivity index (χ0v) is 17.4. The number of rotatable bonds is 14. The number of amides is 1. The van der Waals surface area contributed by atoms with E-state index in [1.165, 1.54) is 20.1 Å². The summed E-state index contributed by atoms with van der Waals surface area (Å²) in [5.41, 5.74) is 6.30. The molecule has 0 aliphatic rings. The van der Waals surface area contributed by atoms with E-state index in [1.807, 2.05) is 0 Å². The summed E-state index contributed by atoms with van der Waals surface area (Å²) in [6.07, 6.45) is -1.07. The Hall–Kier alpha value is -2.88. The highest BCUT2D eigenvalue weighted by atomic mass is 19.4. The van der Waals surface area contributed by atoms with Crippen LogP contribution in [0.1, 0.15) is 20.3 Å². The number of hydrogen-bond acceptors (Lipinski definition) is 6. The molecule has 0 aliphatic carbocycles. The van der Waals surface area contributed by atoms with E-state index in [9.17, 15) is 18.0 Å². The number of alkyl halides is 3. The fraction of sp³-hybridized carbons (Fsp3) is 0.450. The predicted molar refractivity (Wildman–Crippen MR) is 106 cm³/mol. The van der Waals surface area contributed by atoms with Gasteiger partial charge in [-0.25, -0.2) is 5.53 Å². The third kappa shape index (κ3) is 9.55. The van der Waals surface area contributed by atoms with Gasteiger partial charge in [0, 0.05) is 26.7 Å². The fourth-order valence-corrected chi connectivity index (χ4v) is 2.06. The Bertz CT molecular complexity index is 711. The van der Waals surface area contributed by atoms with Crippen molar-refractivity contribution in [3.05, 3.63) is 59.7 Å². The van der Waals surface area contributed by atoms with E-state index in [0.29, 0.717) is 13.0 Å². The first kappa shape index (κ1) is 27.1.